The van der Waals surface area contributed by atoms with Crippen LogP contribution in [0.2, 0.25) is 0 Å². The number of benzene rings is 3. The van der Waals surface area contributed by atoms with Crippen LogP contribution in [0.4, 0.5) is 5.69 Å². The van der Waals surface area contributed by atoms with E-state index >= 15 is 0 Å². The number of carbonyl (C=O) groups excluding carboxylic acids is 4. The number of carbonyl (C=O) groups is 4. The summed E-state index contributed by atoms with van der Waals surface area (Å²) in [6.45, 7) is 2.15. The van der Waals surface area contributed by atoms with Crippen molar-refractivity contribution < 1.29 is 28.7 Å². The van der Waals surface area contributed by atoms with E-state index in [4.69, 9.17) is 9.47 Å². The van der Waals surface area contributed by atoms with Crippen LogP contribution in [0.1, 0.15) is 39.3 Å². The first-order valence-corrected chi connectivity index (χ1v) is 11.5. The second-order valence-corrected chi connectivity index (χ2v) is 8.80. The Balaban J connectivity index is 1.54. The summed E-state index contributed by atoms with van der Waals surface area (Å²) in [6, 6.07) is 22.1. The summed E-state index contributed by atoms with van der Waals surface area (Å²) in [5, 5.41) is 0. The van der Waals surface area contributed by atoms with Crippen LogP contribution in [0.25, 0.3) is 0 Å². The Bertz CT molecular complexity index is 1360. The van der Waals surface area contributed by atoms with Gasteiger partial charge in [0.05, 0.1) is 30.2 Å². The van der Waals surface area contributed by atoms with Crippen molar-refractivity contribution in [2.45, 2.75) is 18.6 Å². The van der Waals surface area contributed by atoms with E-state index < -0.39 is 46.9 Å². The van der Waals surface area contributed by atoms with Gasteiger partial charge in [-0.1, -0.05) is 66.7 Å². The third-order valence-corrected chi connectivity index (χ3v) is 7.05. The zero-order valence-electron chi connectivity index (χ0n) is 18.8. The molecule has 3 aromatic carbocycles. The topological polar surface area (TPSA) is 90.0 Å². The van der Waals surface area contributed by atoms with E-state index in [9.17, 15) is 19.2 Å². The fraction of sp³-hybridized carbons (Fsp3) is 0.214. The van der Waals surface area contributed by atoms with Gasteiger partial charge in [-0.05, 0) is 24.6 Å². The summed E-state index contributed by atoms with van der Waals surface area (Å²) < 4.78 is 12.0. The molecular weight excluding hydrogens is 446 g/mol. The molecule has 7 heteroatoms. The van der Waals surface area contributed by atoms with Crippen molar-refractivity contribution in [2.75, 3.05) is 11.5 Å². The number of ketones is 2. The van der Waals surface area contributed by atoms with Crippen LogP contribution >= 0.6 is 0 Å². The highest BCUT2D eigenvalue weighted by Gasteiger charge is 2.74. The molecule has 0 radical (unpaired) electrons. The standard InChI is InChI=1S/C28H21NO6/c1-2-34-20-15-9-8-14-19(20)29-26(32)21-22(27(29)33)28(35-23(21)16-10-4-3-5-11-16)24(30)17-12-6-7-13-18(17)25(28)31/h3-15,21-23H,2H2,1H3/t21-,22+,23+/m1/s1. The van der Waals surface area contributed by atoms with Crippen molar-refractivity contribution >= 4 is 29.1 Å². The molecule has 0 aromatic heterocycles. The molecule has 3 aromatic rings. The van der Waals surface area contributed by atoms with E-state index in [0.717, 1.165) is 4.90 Å². The highest BCUT2D eigenvalue weighted by molar-refractivity contribution is 6.37. The van der Waals surface area contributed by atoms with E-state index in [-0.39, 0.29) is 16.8 Å². The molecule has 2 aliphatic heterocycles. The predicted molar refractivity (Wildman–Crippen MR) is 125 cm³/mol. The van der Waals surface area contributed by atoms with Gasteiger partial charge >= 0.3 is 0 Å². The Kier molecular flexibility index (Phi) is 4.72. The molecule has 0 unspecified atom stereocenters. The van der Waals surface area contributed by atoms with Crippen molar-refractivity contribution in [1.82, 2.24) is 0 Å². The van der Waals surface area contributed by atoms with Crippen LogP contribution in [0.3, 0.4) is 0 Å². The minimum atomic E-state index is -2.09. The van der Waals surface area contributed by atoms with Gasteiger partial charge in [-0.15, -0.1) is 0 Å². The second kappa shape index (κ2) is 7.71. The predicted octanol–water partition coefficient (Wildman–Crippen LogP) is 3.78. The highest BCUT2D eigenvalue weighted by Crippen LogP contribution is 2.58. The maximum absolute atomic E-state index is 14.0. The number of hydrogen-bond acceptors (Lipinski definition) is 6. The Morgan fingerprint density at radius 2 is 1.40 bits per heavy atom. The van der Waals surface area contributed by atoms with Crippen molar-refractivity contribution in [1.29, 1.82) is 0 Å². The van der Waals surface area contributed by atoms with Crippen LogP contribution in [0, 0.1) is 11.8 Å². The summed E-state index contributed by atoms with van der Waals surface area (Å²) in [4.78, 5) is 56.5. The average Bonchev–Trinajstić information content (AvgIpc) is 3.45. The van der Waals surface area contributed by atoms with Gasteiger partial charge in [0.15, 0.2) is 0 Å². The molecule has 2 saturated heterocycles. The number of imide groups is 1. The lowest BCUT2D eigenvalue weighted by Gasteiger charge is -2.27. The van der Waals surface area contributed by atoms with Gasteiger partial charge in [0.25, 0.3) is 0 Å². The zero-order valence-corrected chi connectivity index (χ0v) is 18.8. The largest absolute Gasteiger partial charge is 0.492 e. The van der Waals surface area contributed by atoms with Gasteiger partial charge in [0, 0.05) is 11.1 Å². The van der Waals surface area contributed by atoms with Crippen LogP contribution in [-0.2, 0) is 14.3 Å². The van der Waals surface area contributed by atoms with Crippen molar-refractivity contribution in [3.63, 3.8) is 0 Å². The number of fused-ring (bicyclic) bond motifs is 3. The molecule has 35 heavy (non-hydrogen) atoms. The lowest BCUT2D eigenvalue weighted by atomic mass is 9.77. The van der Waals surface area contributed by atoms with Crippen molar-refractivity contribution in [3.8, 4) is 5.75 Å². The van der Waals surface area contributed by atoms with Crippen LogP contribution in [0.5, 0.6) is 5.75 Å². The molecule has 0 N–H and O–H groups in total. The van der Waals surface area contributed by atoms with Gasteiger partial charge < -0.3 is 9.47 Å². The molecule has 2 amide bonds. The molecule has 174 valence electrons. The van der Waals surface area contributed by atoms with Crippen molar-refractivity contribution in [2.24, 2.45) is 11.8 Å². The fourth-order valence-electron chi connectivity index (χ4n) is 5.62. The van der Waals surface area contributed by atoms with Gasteiger partial charge in [-0.3, -0.25) is 19.2 Å². The summed E-state index contributed by atoms with van der Waals surface area (Å²) in [5.41, 5.74) is -0.762. The lowest BCUT2D eigenvalue weighted by Crippen LogP contribution is -2.51. The molecule has 2 fully saturated rings. The average molecular weight is 467 g/mol. The maximum atomic E-state index is 14.0. The molecule has 3 aliphatic rings. The summed E-state index contributed by atoms with van der Waals surface area (Å²) in [7, 11) is 0. The van der Waals surface area contributed by atoms with E-state index in [1.807, 2.05) is 6.07 Å². The quantitative estimate of drug-likeness (QED) is 0.429. The van der Waals surface area contributed by atoms with Gasteiger partial charge in [0.2, 0.25) is 29.0 Å². The number of anilines is 1. The van der Waals surface area contributed by atoms with E-state index in [2.05, 4.69) is 0 Å². The molecule has 7 nitrogen and oxygen atoms in total. The minimum Gasteiger partial charge on any atom is -0.492 e. The van der Waals surface area contributed by atoms with Crippen LogP contribution in [0.15, 0.2) is 78.9 Å². The Morgan fingerprint density at radius 1 is 0.800 bits per heavy atom. The summed E-state index contributed by atoms with van der Waals surface area (Å²) in [5.74, 6) is -4.27. The third-order valence-electron chi connectivity index (χ3n) is 7.05. The number of amides is 2. The van der Waals surface area contributed by atoms with E-state index in [0.29, 0.717) is 17.9 Å². The third kappa shape index (κ3) is 2.76. The normalized spacial score (nSPS) is 24.3. The molecular formula is C28H21NO6. The highest BCUT2D eigenvalue weighted by atomic mass is 16.5. The van der Waals surface area contributed by atoms with Gasteiger partial charge in [-0.25, -0.2) is 4.90 Å². The van der Waals surface area contributed by atoms with Gasteiger partial charge in [-0.2, -0.15) is 0 Å². The number of para-hydroxylation sites is 2. The fourth-order valence-corrected chi connectivity index (χ4v) is 5.62. The minimum absolute atomic E-state index is 0.207. The zero-order chi connectivity index (χ0) is 24.3. The number of hydrogen-bond donors (Lipinski definition) is 0. The Morgan fingerprint density at radius 3 is 2.06 bits per heavy atom. The summed E-state index contributed by atoms with van der Waals surface area (Å²) >= 11 is 0. The summed E-state index contributed by atoms with van der Waals surface area (Å²) in [6.07, 6.45) is -0.941. The first-order valence-electron chi connectivity index (χ1n) is 11.5. The molecule has 1 spiro atoms. The van der Waals surface area contributed by atoms with Gasteiger partial charge in [0.1, 0.15) is 5.75 Å². The number of rotatable bonds is 4. The second-order valence-electron chi connectivity index (χ2n) is 8.80. The number of ether oxygens (including phenoxy) is 2. The van der Waals surface area contributed by atoms with Crippen LogP contribution < -0.4 is 9.64 Å². The number of Topliss-reactive ketones (excluding diaryl/α,β-unsaturated/α-hetero) is 2. The number of nitrogens with zero attached hydrogens (tertiary/aromatic N) is 1. The van der Waals surface area contributed by atoms with E-state index in [1.54, 1.807) is 79.7 Å². The monoisotopic (exact) mass is 467 g/mol. The first-order chi connectivity index (χ1) is 17.0. The smallest absolute Gasteiger partial charge is 0.241 e. The SMILES string of the molecule is CCOc1ccccc1N1C(=O)[C@@H]2[C@@H](C1=O)C1(O[C@H]2c2ccccc2)C(=O)c2ccccc2C1=O. The molecule has 0 bridgehead atoms. The first kappa shape index (κ1) is 21.4. The molecule has 1 aliphatic carbocycles. The molecule has 2 heterocycles. The van der Waals surface area contributed by atoms with E-state index in [1.165, 1.54) is 0 Å². The Hall–Kier alpha value is -4.10. The lowest BCUT2D eigenvalue weighted by molar-refractivity contribution is -0.127. The maximum Gasteiger partial charge on any atom is 0.241 e. The molecule has 3 atom stereocenters. The van der Waals surface area contributed by atoms with Crippen molar-refractivity contribution in [3.05, 3.63) is 95.6 Å². The molecule has 6 rings (SSSR count). The molecule has 0 saturated carbocycles. The van der Waals surface area contributed by atoms with Crippen LogP contribution in [-0.4, -0.2) is 35.6 Å². The Labute approximate surface area is 201 Å².